The van der Waals surface area contributed by atoms with Gasteiger partial charge in [0.2, 0.25) is 5.91 Å². The van der Waals surface area contributed by atoms with Gasteiger partial charge in [0.05, 0.1) is 6.54 Å². The molecule has 1 heterocycles. The number of carbonyl (C=O) groups is 1. The number of hydrogen-bond donors (Lipinski definition) is 2. The third kappa shape index (κ3) is 3.61. The zero-order valence-corrected chi connectivity index (χ0v) is 11.6. The molecule has 7 nitrogen and oxygen atoms in total. The minimum Gasteiger partial charge on any atom is -0.325 e. The molecule has 0 saturated carbocycles. The minimum atomic E-state index is -0.0632. The maximum absolute atomic E-state index is 11.7. The van der Waals surface area contributed by atoms with Crippen molar-refractivity contribution >= 4 is 11.6 Å². The monoisotopic (exact) mass is 274 g/mol. The molecule has 20 heavy (non-hydrogen) atoms. The number of amides is 1. The maximum atomic E-state index is 11.7. The Labute approximate surface area is 117 Å². The zero-order valence-electron chi connectivity index (χ0n) is 11.6. The van der Waals surface area contributed by atoms with Crippen molar-refractivity contribution in [2.45, 2.75) is 13.3 Å². The van der Waals surface area contributed by atoms with Crippen LogP contribution in [0.2, 0.25) is 0 Å². The normalized spacial score (nSPS) is 10.5. The van der Waals surface area contributed by atoms with E-state index in [1.807, 2.05) is 24.3 Å². The minimum absolute atomic E-state index is 0.0632. The number of nitrogens with one attached hydrogen (secondary N) is 2. The van der Waals surface area contributed by atoms with Crippen molar-refractivity contribution in [3.05, 3.63) is 24.3 Å². The second-order valence-electron chi connectivity index (χ2n) is 4.43. The predicted molar refractivity (Wildman–Crippen MR) is 76.0 cm³/mol. The standard InChI is InChI=1S/C13H18N6O/c1-3-7-14-9-12(20)15-11-6-4-5-10(8-11)13-16-17-18-19(13)2/h4-6,8,14H,3,7,9H2,1-2H3,(H,15,20). The topological polar surface area (TPSA) is 84.7 Å². The van der Waals surface area contributed by atoms with E-state index >= 15 is 0 Å². The number of anilines is 1. The van der Waals surface area contributed by atoms with Crippen LogP contribution < -0.4 is 10.6 Å². The van der Waals surface area contributed by atoms with E-state index in [4.69, 9.17) is 0 Å². The zero-order chi connectivity index (χ0) is 14.4. The fraction of sp³-hybridized carbons (Fsp3) is 0.385. The quantitative estimate of drug-likeness (QED) is 0.762. The van der Waals surface area contributed by atoms with Crippen molar-refractivity contribution in [1.29, 1.82) is 0 Å². The molecule has 0 atom stereocenters. The average Bonchev–Trinajstić information content (AvgIpc) is 2.85. The molecule has 1 amide bonds. The summed E-state index contributed by atoms with van der Waals surface area (Å²) in [7, 11) is 1.77. The van der Waals surface area contributed by atoms with E-state index in [-0.39, 0.29) is 5.91 Å². The van der Waals surface area contributed by atoms with E-state index in [1.54, 1.807) is 11.7 Å². The summed E-state index contributed by atoms with van der Waals surface area (Å²) in [6, 6.07) is 7.45. The van der Waals surface area contributed by atoms with Crippen molar-refractivity contribution in [3.63, 3.8) is 0 Å². The van der Waals surface area contributed by atoms with Crippen molar-refractivity contribution in [2.24, 2.45) is 7.05 Å². The fourth-order valence-electron chi connectivity index (χ4n) is 1.79. The summed E-state index contributed by atoms with van der Waals surface area (Å²) in [6.45, 7) is 3.20. The highest BCUT2D eigenvalue weighted by Gasteiger charge is 2.07. The lowest BCUT2D eigenvalue weighted by molar-refractivity contribution is -0.115. The summed E-state index contributed by atoms with van der Waals surface area (Å²) in [5, 5.41) is 17.2. The van der Waals surface area contributed by atoms with Crippen LogP contribution in [0.15, 0.2) is 24.3 Å². The molecule has 1 aromatic carbocycles. The molecule has 2 N–H and O–H groups in total. The molecule has 0 radical (unpaired) electrons. The lowest BCUT2D eigenvalue weighted by Gasteiger charge is -2.07. The van der Waals surface area contributed by atoms with Gasteiger partial charge in [0.15, 0.2) is 5.82 Å². The highest BCUT2D eigenvalue weighted by Crippen LogP contribution is 2.19. The Morgan fingerprint density at radius 1 is 1.40 bits per heavy atom. The second kappa shape index (κ2) is 6.76. The van der Waals surface area contributed by atoms with Crippen LogP contribution in [0.4, 0.5) is 5.69 Å². The van der Waals surface area contributed by atoms with Crippen LogP contribution in [0.25, 0.3) is 11.4 Å². The number of benzene rings is 1. The summed E-state index contributed by atoms with van der Waals surface area (Å²) in [4.78, 5) is 11.7. The Balaban J connectivity index is 2.03. The number of aryl methyl sites for hydroxylation is 1. The Morgan fingerprint density at radius 3 is 2.95 bits per heavy atom. The number of carbonyl (C=O) groups excluding carboxylic acids is 1. The van der Waals surface area contributed by atoms with Crippen molar-refractivity contribution in [2.75, 3.05) is 18.4 Å². The molecule has 2 rings (SSSR count). The van der Waals surface area contributed by atoms with E-state index in [0.717, 1.165) is 24.2 Å². The molecule has 0 spiro atoms. The molecule has 106 valence electrons. The lowest BCUT2D eigenvalue weighted by atomic mass is 10.2. The van der Waals surface area contributed by atoms with Gasteiger partial charge in [-0.25, -0.2) is 4.68 Å². The average molecular weight is 274 g/mol. The smallest absolute Gasteiger partial charge is 0.238 e. The van der Waals surface area contributed by atoms with Crippen LogP contribution in [-0.2, 0) is 11.8 Å². The summed E-state index contributed by atoms with van der Waals surface area (Å²) in [5.41, 5.74) is 1.59. The van der Waals surface area contributed by atoms with Gasteiger partial charge in [-0.05, 0) is 35.5 Å². The highest BCUT2D eigenvalue weighted by atomic mass is 16.1. The van der Waals surface area contributed by atoms with Gasteiger partial charge in [0.1, 0.15) is 0 Å². The van der Waals surface area contributed by atoms with Gasteiger partial charge in [-0.3, -0.25) is 4.79 Å². The van der Waals surface area contributed by atoms with Gasteiger partial charge in [0.25, 0.3) is 0 Å². The van der Waals surface area contributed by atoms with E-state index in [0.29, 0.717) is 12.4 Å². The molecule has 0 aliphatic carbocycles. The van der Waals surface area contributed by atoms with Crippen LogP contribution in [0.5, 0.6) is 0 Å². The number of rotatable bonds is 6. The van der Waals surface area contributed by atoms with Gasteiger partial charge in [-0.15, -0.1) is 5.10 Å². The maximum Gasteiger partial charge on any atom is 0.238 e. The molecule has 0 bridgehead atoms. The SMILES string of the molecule is CCCNCC(=O)Nc1cccc(-c2nnnn2C)c1. The Bertz CT molecular complexity index is 580. The molecule has 0 aliphatic heterocycles. The van der Waals surface area contributed by atoms with E-state index in [9.17, 15) is 4.79 Å². The first kappa shape index (κ1) is 14.1. The molecule has 7 heteroatoms. The summed E-state index contributed by atoms with van der Waals surface area (Å²) in [6.07, 6.45) is 1.00. The van der Waals surface area contributed by atoms with Crippen molar-refractivity contribution in [1.82, 2.24) is 25.5 Å². The van der Waals surface area contributed by atoms with Gasteiger partial charge in [0, 0.05) is 18.3 Å². The number of aromatic nitrogens is 4. The van der Waals surface area contributed by atoms with Crippen LogP contribution in [0, 0.1) is 0 Å². The molecule has 0 saturated heterocycles. The molecule has 0 fully saturated rings. The summed E-state index contributed by atoms with van der Waals surface area (Å²) >= 11 is 0. The summed E-state index contributed by atoms with van der Waals surface area (Å²) < 4.78 is 1.59. The largest absolute Gasteiger partial charge is 0.325 e. The molecule has 2 aromatic rings. The van der Waals surface area contributed by atoms with Crippen LogP contribution >= 0.6 is 0 Å². The van der Waals surface area contributed by atoms with Crippen LogP contribution in [0.3, 0.4) is 0 Å². The van der Waals surface area contributed by atoms with Crippen LogP contribution in [0.1, 0.15) is 13.3 Å². The van der Waals surface area contributed by atoms with Crippen LogP contribution in [-0.4, -0.2) is 39.2 Å². The van der Waals surface area contributed by atoms with Crippen molar-refractivity contribution < 1.29 is 4.79 Å². The number of hydrogen-bond acceptors (Lipinski definition) is 5. The van der Waals surface area contributed by atoms with Crippen molar-refractivity contribution in [3.8, 4) is 11.4 Å². The van der Waals surface area contributed by atoms with Gasteiger partial charge in [-0.2, -0.15) is 0 Å². The molecular weight excluding hydrogens is 256 g/mol. The molecule has 0 unspecified atom stereocenters. The predicted octanol–water partition coefficient (Wildman–Crippen LogP) is 0.815. The third-order valence-corrected chi connectivity index (χ3v) is 2.74. The van der Waals surface area contributed by atoms with Gasteiger partial charge < -0.3 is 10.6 Å². The second-order valence-corrected chi connectivity index (χ2v) is 4.43. The first-order chi connectivity index (χ1) is 9.70. The first-order valence-electron chi connectivity index (χ1n) is 6.54. The highest BCUT2D eigenvalue weighted by molar-refractivity contribution is 5.92. The fourth-order valence-corrected chi connectivity index (χ4v) is 1.79. The Kier molecular flexibility index (Phi) is 4.78. The number of tetrazole rings is 1. The molecule has 1 aromatic heterocycles. The third-order valence-electron chi connectivity index (χ3n) is 2.74. The number of nitrogens with zero attached hydrogens (tertiary/aromatic N) is 4. The van der Waals surface area contributed by atoms with Gasteiger partial charge >= 0.3 is 0 Å². The molecular formula is C13H18N6O. The molecule has 0 aliphatic rings. The Hall–Kier alpha value is -2.28. The summed E-state index contributed by atoms with van der Waals surface area (Å²) in [5.74, 6) is 0.594. The van der Waals surface area contributed by atoms with E-state index < -0.39 is 0 Å². The Morgan fingerprint density at radius 2 is 2.25 bits per heavy atom. The van der Waals surface area contributed by atoms with E-state index in [1.165, 1.54) is 0 Å². The first-order valence-corrected chi connectivity index (χ1v) is 6.54. The lowest BCUT2D eigenvalue weighted by Crippen LogP contribution is -2.28. The van der Waals surface area contributed by atoms with Gasteiger partial charge in [-0.1, -0.05) is 19.1 Å². The van der Waals surface area contributed by atoms with E-state index in [2.05, 4.69) is 33.1 Å².